The molecule has 0 aliphatic heterocycles. The van der Waals surface area contributed by atoms with Gasteiger partial charge in [-0.3, -0.25) is 0 Å². The lowest BCUT2D eigenvalue weighted by molar-refractivity contribution is 0.148. The predicted octanol–water partition coefficient (Wildman–Crippen LogP) is 5.42. The Morgan fingerprint density at radius 3 is 1.65 bits per heavy atom. The Bertz CT molecular complexity index is 239. The molecule has 0 spiro atoms. The summed E-state index contributed by atoms with van der Waals surface area (Å²) in [5.41, 5.74) is 0. The minimum Gasteiger partial charge on any atom is -0.504 e. The average Bonchev–Trinajstić information content (AvgIpc) is 2.34. The van der Waals surface area contributed by atoms with Gasteiger partial charge in [-0.2, -0.15) is 0 Å². The number of hydrogen-bond acceptors (Lipinski definition) is 2. The van der Waals surface area contributed by atoms with E-state index in [0.29, 0.717) is 0 Å². The number of hydrogen-bond donors (Lipinski definition) is 0. The van der Waals surface area contributed by atoms with Gasteiger partial charge in [0.1, 0.15) is 0 Å². The lowest BCUT2D eigenvalue weighted by Gasteiger charge is -2.27. The number of nitrogens with zero attached hydrogens (tertiary/aromatic N) is 1. The largest absolute Gasteiger partial charge is 0.504 e. The molecule has 0 bridgehead atoms. The van der Waals surface area contributed by atoms with Gasteiger partial charge in [-0.25, -0.2) is 4.79 Å². The minimum atomic E-state index is -1.78. The summed E-state index contributed by atoms with van der Waals surface area (Å²) in [5, 5.41) is 0. The van der Waals surface area contributed by atoms with E-state index in [2.05, 4.69) is 33.5 Å². The van der Waals surface area contributed by atoms with Gasteiger partial charge in [0.25, 0.3) is 0 Å². The number of carbonyl (C=O) groups is 1. The van der Waals surface area contributed by atoms with Crippen LogP contribution in [0, 0.1) is 0 Å². The fourth-order valence-electron chi connectivity index (χ4n) is 2.08. The Hall–Kier alpha value is -0.513. The standard InChI is InChI=1S/C16H35NO2Si/c1-6-8-10-12-14-17(15-13-11-9-7-2)16(18)19-20(3,4)5/h6-15H2,1-5H3. The normalized spacial score (nSPS) is 11.4. The molecule has 4 heteroatoms. The molecule has 0 saturated carbocycles. The van der Waals surface area contributed by atoms with Crippen molar-refractivity contribution >= 4 is 14.4 Å². The molecule has 0 rings (SSSR count). The van der Waals surface area contributed by atoms with E-state index in [4.69, 9.17) is 4.43 Å². The van der Waals surface area contributed by atoms with Crippen LogP contribution in [0.2, 0.25) is 19.6 Å². The zero-order chi connectivity index (χ0) is 15.4. The van der Waals surface area contributed by atoms with Crippen LogP contribution in [0.25, 0.3) is 0 Å². The molecule has 0 radical (unpaired) electrons. The maximum atomic E-state index is 12.2. The van der Waals surface area contributed by atoms with Crippen LogP contribution < -0.4 is 0 Å². The monoisotopic (exact) mass is 301 g/mol. The van der Waals surface area contributed by atoms with Crippen LogP contribution in [0.1, 0.15) is 65.2 Å². The molecule has 0 aromatic heterocycles. The van der Waals surface area contributed by atoms with E-state index in [0.717, 1.165) is 25.9 Å². The highest BCUT2D eigenvalue weighted by Crippen LogP contribution is 2.10. The molecule has 0 aromatic rings. The minimum absolute atomic E-state index is 0.0860. The highest BCUT2D eigenvalue weighted by molar-refractivity contribution is 6.71. The summed E-state index contributed by atoms with van der Waals surface area (Å²) >= 11 is 0. The second kappa shape index (κ2) is 11.2. The maximum Gasteiger partial charge on any atom is 0.396 e. The third-order valence-corrected chi connectivity index (χ3v) is 4.00. The first-order valence-corrected chi connectivity index (χ1v) is 11.8. The number of rotatable bonds is 11. The Morgan fingerprint density at radius 1 is 0.850 bits per heavy atom. The van der Waals surface area contributed by atoms with Crippen LogP contribution in [0.15, 0.2) is 0 Å². The van der Waals surface area contributed by atoms with Crippen molar-refractivity contribution in [1.82, 2.24) is 4.90 Å². The van der Waals surface area contributed by atoms with Crippen molar-refractivity contribution in [2.75, 3.05) is 13.1 Å². The molecule has 0 unspecified atom stereocenters. The third-order valence-electron chi connectivity index (χ3n) is 3.21. The zero-order valence-electron chi connectivity index (χ0n) is 14.3. The van der Waals surface area contributed by atoms with Gasteiger partial charge >= 0.3 is 6.09 Å². The van der Waals surface area contributed by atoms with Gasteiger partial charge in [-0.15, -0.1) is 0 Å². The van der Waals surface area contributed by atoms with E-state index in [9.17, 15) is 4.79 Å². The molecule has 0 saturated heterocycles. The van der Waals surface area contributed by atoms with E-state index in [1.54, 1.807) is 0 Å². The molecule has 0 fully saturated rings. The highest BCUT2D eigenvalue weighted by Gasteiger charge is 2.23. The SMILES string of the molecule is CCCCCCN(CCCCCC)C(=O)O[Si](C)(C)C. The Balaban J connectivity index is 4.18. The fraction of sp³-hybridized carbons (Fsp3) is 0.938. The van der Waals surface area contributed by atoms with E-state index in [1.165, 1.54) is 38.5 Å². The lowest BCUT2D eigenvalue weighted by atomic mass is 10.2. The van der Waals surface area contributed by atoms with Crippen LogP contribution in [0.3, 0.4) is 0 Å². The first-order chi connectivity index (χ1) is 9.40. The Morgan fingerprint density at radius 2 is 1.30 bits per heavy atom. The summed E-state index contributed by atoms with van der Waals surface area (Å²) in [4.78, 5) is 14.2. The van der Waals surface area contributed by atoms with Crippen LogP contribution >= 0.6 is 0 Å². The molecule has 0 aromatic carbocycles. The van der Waals surface area contributed by atoms with Crippen LogP contribution in [0.5, 0.6) is 0 Å². The topological polar surface area (TPSA) is 29.5 Å². The predicted molar refractivity (Wildman–Crippen MR) is 89.7 cm³/mol. The van der Waals surface area contributed by atoms with Crippen molar-refractivity contribution in [2.45, 2.75) is 84.9 Å². The van der Waals surface area contributed by atoms with Crippen molar-refractivity contribution in [2.24, 2.45) is 0 Å². The quantitative estimate of drug-likeness (QED) is 0.376. The first-order valence-electron chi connectivity index (χ1n) is 8.38. The fourth-order valence-corrected chi connectivity index (χ4v) is 2.73. The van der Waals surface area contributed by atoms with Gasteiger partial charge in [-0.1, -0.05) is 52.4 Å². The summed E-state index contributed by atoms with van der Waals surface area (Å²) in [6.07, 6.45) is 9.51. The molecule has 20 heavy (non-hydrogen) atoms. The van der Waals surface area contributed by atoms with Crippen LogP contribution in [0.4, 0.5) is 4.79 Å². The maximum absolute atomic E-state index is 12.2. The van der Waals surface area contributed by atoms with Gasteiger partial charge in [0.05, 0.1) is 0 Å². The van der Waals surface area contributed by atoms with Crippen LogP contribution in [-0.4, -0.2) is 32.4 Å². The van der Waals surface area contributed by atoms with Crippen molar-refractivity contribution in [3.05, 3.63) is 0 Å². The molecule has 120 valence electrons. The second-order valence-electron chi connectivity index (χ2n) is 6.59. The molecule has 3 nitrogen and oxygen atoms in total. The van der Waals surface area contributed by atoms with Crippen molar-refractivity contribution < 1.29 is 9.22 Å². The highest BCUT2D eigenvalue weighted by atomic mass is 28.4. The Kier molecular flexibility index (Phi) is 10.9. The number of amides is 1. The van der Waals surface area contributed by atoms with Crippen molar-refractivity contribution in [1.29, 1.82) is 0 Å². The lowest BCUT2D eigenvalue weighted by Crippen LogP contribution is -2.40. The Labute approximate surface area is 127 Å². The van der Waals surface area contributed by atoms with Crippen LogP contribution in [-0.2, 0) is 4.43 Å². The van der Waals surface area contributed by atoms with E-state index >= 15 is 0 Å². The summed E-state index contributed by atoms with van der Waals surface area (Å²) in [5.74, 6) is 0. The van der Waals surface area contributed by atoms with E-state index in [-0.39, 0.29) is 6.09 Å². The van der Waals surface area contributed by atoms with Crippen molar-refractivity contribution in [3.8, 4) is 0 Å². The smallest absolute Gasteiger partial charge is 0.396 e. The molecular weight excluding hydrogens is 266 g/mol. The van der Waals surface area contributed by atoms with Gasteiger partial charge < -0.3 is 9.33 Å². The zero-order valence-corrected chi connectivity index (χ0v) is 15.3. The number of carbonyl (C=O) groups excluding carboxylic acids is 1. The molecule has 0 aliphatic rings. The van der Waals surface area contributed by atoms with Crippen molar-refractivity contribution in [3.63, 3.8) is 0 Å². The first kappa shape index (κ1) is 19.5. The average molecular weight is 302 g/mol. The van der Waals surface area contributed by atoms with Gasteiger partial charge in [0, 0.05) is 13.1 Å². The summed E-state index contributed by atoms with van der Waals surface area (Å²) < 4.78 is 5.64. The second-order valence-corrected chi connectivity index (χ2v) is 11.0. The molecule has 0 aliphatic carbocycles. The molecular formula is C16H35NO2Si. The van der Waals surface area contributed by atoms with E-state index in [1.807, 2.05) is 4.90 Å². The van der Waals surface area contributed by atoms with E-state index < -0.39 is 8.32 Å². The van der Waals surface area contributed by atoms with Gasteiger partial charge in [0.15, 0.2) is 0 Å². The summed E-state index contributed by atoms with van der Waals surface area (Å²) in [6, 6.07) is 0. The third kappa shape index (κ3) is 11.3. The molecule has 0 heterocycles. The molecule has 1 amide bonds. The molecule has 0 N–H and O–H groups in total. The summed E-state index contributed by atoms with van der Waals surface area (Å²) in [7, 11) is -1.78. The summed E-state index contributed by atoms with van der Waals surface area (Å²) in [6.45, 7) is 12.3. The molecule has 0 atom stereocenters. The van der Waals surface area contributed by atoms with Gasteiger partial charge in [-0.05, 0) is 32.5 Å². The number of unbranched alkanes of at least 4 members (excludes halogenated alkanes) is 6. The van der Waals surface area contributed by atoms with Gasteiger partial charge in [0.2, 0.25) is 8.32 Å².